The zero-order chi connectivity index (χ0) is 26.0. The van der Waals surface area contributed by atoms with Crippen molar-refractivity contribution >= 4 is 34.7 Å². The minimum atomic E-state index is -4.89. The van der Waals surface area contributed by atoms with Crippen LogP contribution in [0, 0.1) is 11.6 Å². The summed E-state index contributed by atoms with van der Waals surface area (Å²) in [5, 5.41) is 11.2. The number of oxazole rings is 1. The summed E-state index contributed by atoms with van der Waals surface area (Å²) in [6, 6.07) is 10.7. The second-order valence-corrected chi connectivity index (χ2v) is 7.65. The van der Waals surface area contributed by atoms with Crippen molar-refractivity contribution in [3.05, 3.63) is 89.0 Å². The Morgan fingerprint density at radius 2 is 1.78 bits per heavy atom. The third kappa shape index (κ3) is 5.57. The number of carbonyl (C=O) groups is 2. The molecule has 0 bridgehead atoms. The molecule has 1 aromatic heterocycles. The van der Waals surface area contributed by atoms with E-state index in [1.807, 2.05) is 0 Å². The summed E-state index contributed by atoms with van der Waals surface area (Å²) < 4.78 is 72.0. The molecule has 6 nitrogen and oxygen atoms in total. The quantitative estimate of drug-likeness (QED) is 0.247. The summed E-state index contributed by atoms with van der Waals surface area (Å²) in [4.78, 5) is 27.3. The van der Waals surface area contributed by atoms with Crippen LogP contribution in [0.2, 0.25) is 0 Å². The number of carboxylic acid groups (broad SMARTS) is 1. The van der Waals surface area contributed by atoms with E-state index in [4.69, 9.17) is 9.52 Å². The summed E-state index contributed by atoms with van der Waals surface area (Å²) in [5.74, 6) is -4.02. The van der Waals surface area contributed by atoms with Gasteiger partial charge in [-0.05, 0) is 59.7 Å². The number of hydrogen-bond acceptors (Lipinski definition) is 4. The normalized spacial score (nSPS) is 11.8. The number of fused-ring (bicyclic) bond motifs is 1. The highest BCUT2D eigenvalue weighted by Gasteiger charge is 2.34. The molecule has 0 aliphatic rings. The van der Waals surface area contributed by atoms with Crippen LogP contribution in [-0.4, -0.2) is 22.0 Å². The topological polar surface area (TPSA) is 92.4 Å². The van der Waals surface area contributed by atoms with Crippen LogP contribution >= 0.6 is 0 Å². The van der Waals surface area contributed by atoms with E-state index in [9.17, 15) is 31.5 Å². The molecular formula is C25H15F5N2O4. The predicted molar refractivity (Wildman–Crippen MR) is 120 cm³/mol. The van der Waals surface area contributed by atoms with Crippen LogP contribution in [0.4, 0.5) is 27.6 Å². The summed E-state index contributed by atoms with van der Waals surface area (Å²) >= 11 is 0. The molecule has 184 valence electrons. The molecule has 0 aliphatic carbocycles. The number of hydrogen-bond donors (Lipinski definition) is 2. The van der Waals surface area contributed by atoms with Crippen LogP contribution < -0.4 is 5.32 Å². The smallest absolute Gasteiger partial charge is 0.419 e. The summed E-state index contributed by atoms with van der Waals surface area (Å²) in [6.45, 7) is 0. The van der Waals surface area contributed by atoms with Crippen LogP contribution in [0.25, 0.3) is 28.6 Å². The Morgan fingerprint density at radius 3 is 2.47 bits per heavy atom. The second-order valence-electron chi connectivity index (χ2n) is 7.65. The number of aliphatic carboxylic acids is 1. The number of benzene rings is 3. The number of nitrogens with zero attached hydrogens (tertiary/aromatic N) is 1. The van der Waals surface area contributed by atoms with E-state index in [-0.39, 0.29) is 29.1 Å². The number of alkyl halides is 3. The Labute approximate surface area is 199 Å². The van der Waals surface area contributed by atoms with Crippen molar-refractivity contribution in [2.24, 2.45) is 0 Å². The van der Waals surface area contributed by atoms with Crippen LogP contribution in [0.3, 0.4) is 0 Å². The molecule has 0 saturated heterocycles. The standard InChI is InChI=1S/C25H15F5N2O4/c26-17-5-1-13(9-16(17)25(28,29)30)3-8-22(33)31-19-6-4-15(12-18(19)27)24-32-20-10-14(11-23(34)35)2-7-21(20)36-24/h1-10,12H,11H2,(H,31,33)(H,34,35)/b8-3+. The number of rotatable bonds is 6. The SMILES string of the molecule is O=C(O)Cc1ccc2oc(-c3ccc(NC(=O)/C=C/c4ccc(F)c(C(F)(F)F)c4)c(F)c3)nc2c1. The van der Waals surface area contributed by atoms with Crippen molar-refractivity contribution in [1.29, 1.82) is 0 Å². The molecule has 36 heavy (non-hydrogen) atoms. The van der Waals surface area contributed by atoms with Gasteiger partial charge in [0.05, 0.1) is 17.7 Å². The van der Waals surface area contributed by atoms with Gasteiger partial charge in [-0.3, -0.25) is 9.59 Å². The first-order chi connectivity index (χ1) is 17.0. The largest absolute Gasteiger partial charge is 0.481 e. The van der Waals surface area contributed by atoms with Gasteiger partial charge in [-0.15, -0.1) is 0 Å². The van der Waals surface area contributed by atoms with Gasteiger partial charge in [0.2, 0.25) is 11.8 Å². The number of nitrogens with one attached hydrogen (secondary N) is 1. The third-order valence-corrected chi connectivity index (χ3v) is 5.00. The lowest BCUT2D eigenvalue weighted by Gasteiger charge is -2.08. The van der Waals surface area contributed by atoms with Crippen LogP contribution in [0.1, 0.15) is 16.7 Å². The Morgan fingerprint density at radius 1 is 1.00 bits per heavy atom. The van der Waals surface area contributed by atoms with E-state index < -0.39 is 35.3 Å². The molecule has 0 saturated carbocycles. The summed E-state index contributed by atoms with van der Waals surface area (Å²) in [5.41, 5.74) is -0.215. The lowest BCUT2D eigenvalue weighted by Crippen LogP contribution is -2.10. The van der Waals surface area contributed by atoms with Gasteiger partial charge in [0.15, 0.2) is 5.58 Å². The van der Waals surface area contributed by atoms with Crippen molar-refractivity contribution < 1.29 is 41.1 Å². The molecular weight excluding hydrogens is 487 g/mol. The van der Waals surface area contributed by atoms with Gasteiger partial charge in [0.1, 0.15) is 17.2 Å². The lowest BCUT2D eigenvalue weighted by atomic mass is 10.1. The van der Waals surface area contributed by atoms with Gasteiger partial charge < -0.3 is 14.8 Å². The molecule has 0 unspecified atom stereocenters. The minimum Gasteiger partial charge on any atom is -0.481 e. The molecule has 0 radical (unpaired) electrons. The van der Waals surface area contributed by atoms with E-state index in [1.54, 1.807) is 18.2 Å². The molecule has 4 aromatic rings. The van der Waals surface area contributed by atoms with Crippen LogP contribution in [-0.2, 0) is 22.2 Å². The van der Waals surface area contributed by atoms with Crippen molar-refractivity contribution in [1.82, 2.24) is 4.98 Å². The molecule has 0 fully saturated rings. The molecule has 4 rings (SSSR count). The van der Waals surface area contributed by atoms with E-state index in [0.29, 0.717) is 28.8 Å². The molecule has 11 heteroatoms. The van der Waals surface area contributed by atoms with Crippen molar-refractivity contribution in [3.8, 4) is 11.5 Å². The number of amides is 1. The number of halogens is 5. The van der Waals surface area contributed by atoms with E-state index >= 15 is 0 Å². The Balaban J connectivity index is 1.49. The van der Waals surface area contributed by atoms with Crippen LogP contribution in [0.15, 0.2) is 65.1 Å². The molecule has 1 heterocycles. The summed E-state index contributed by atoms with van der Waals surface area (Å²) in [7, 11) is 0. The van der Waals surface area contributed by atoms with Crippen molar-refractivity contribution in [2.45, 2.75) is 12.6 Å². The fraction of sp³-hybridized carbons (Fsp3) is 0.0800. The van der Waals surface area contributed by atoms with Gasteiger partial charge in [-0.2, -0.15) is 13.2 Å². The Kier molecular flexibility index (Phi) is 6.56. The maximum absolute atomic E-state index is 14.6. The first kappa shape index (κ1) is 24.6. The highest BCUT2D eigenvalue weighted by molar-refractivity contribution is 6.02. The maximum atomic E-state index is 14.6. The molecule has 0 aliphatic heterocycles. The monoisotopic (exact) mass is 502 g/mol. The van der Waals surface area contributed by atoms with Gasteiger partial charge in [0, 0.05) is 11.6 Å². The maximum Gasteiger partial charge on any atom is 0.419 e. The third-order valence-electron chi connectivity index (χ3n) is 5.00. The highest BCUT2D eigenvalue weighted by atomic mass is 19.4. The van der Waals surface area contributed by atoms with Crippen LogP contribution in [0.5, 0.6) is 0 Å². The number of aromatic nitrogens is 1. The van der Waals surface area contributed by atoms with Gasteiger partial charge >= 0.3 is 12.1 Å². The minimum absolute atomic E-state index is 0.0721. The first-order valence-corrected chi connectivity index (χ1v) is 10.3. The Hall–Kier alpha value is -4.54. The van der Waals surface area contributed by atoms with E-state index in [1.165, 1.54) is 12.1 Å². The lowest BCUT2D eigenvalue weighted by molar-refractivity contribution is -0.140. The molecule has 2 N–H and O–H groups in total. The molecule has 3 aromatic carbocycles. The zero-order valence-corrected chi connectivity index (χ0v) is 18.1. The zero-order valence-electron chi connectivity index (χ0n) is 18.1. The summed E-state index contributed by atoms with van der Waals surface area (Å²) in [6.07, 6.45) is -3.17. The number of carboxylic acids is 1. The van der Waals surface area contributed by atoms with Gasteiger partial charge in [-0.25, -0.2) is 13.8 Å². The average Bonchev–Trinajstić information content (AvgIpc) is 3.22. The fourth-order valence-electron chi connectivity index (χ4n) is 3.34. The van der Waals surface area contributed by atoms with Crippen molar-refractivity contribution in [3.63, 3.8) is 0 Å². The second kappa shape index (κ2) is 9.61. The number of carbonyl (C=O) groups excluding carboxylic acids is 1. The van der Waals surface area contributed by atoms with Gasteiger partial charge in [-0.1, -0.05) is 12.1 Å². The fourth-order valence-corrected chi connectivity index (χ4v) is 3.34. The first-order valence-electron chi connectivity index (χ1n) is 10.3. The predicted octanol–water partition coefficient (Wildman–Crippen LogP) is 6.07. The van der Waals surface area contributed by atoms with Gasteiger partial charge in [0.25, 0.3) is 0 Å². The average molecular weight is 502 g/mol. The highest BCUT2D eigenvalue weighted by Crippen LogP contribution is 2.32. The molecule has 0 spiro atoms. The van der Waals surface area contributed by atoms with E-state index in [2.05, 4.69) is 10.3 Å². The molecule has 0 atom stereocenters. The Bertz CT molecular complexity index is 1510. The van der Waals surface area contributed by atoms with Crippen molar-refractivity contribution in [2.75, 3.05) is 5.32 Å². The molecule has 1 amide bonds. The number of anilines is 1. The van der Waals surface area contributed by atoms with E-state index in [0.717, 1.165) is 24.3 Å².